The standard InChI is InChI=1S/C28H27ClN2O2/c1-19-7-4-5-8-24(19)26-27(21-14-16-23(29)17-15-21)30-33-28(26)22-12-10-20(11-13-22)25(32)9-6-18-31(2)3/h4-5,7-8,10-17H,6,9,18H2,1-3H3. The Bertz CT molecular complexity index is 1240. The van der Waals surface area contributed by atoms with Crippen molar-refractivity contribution in [3.8, 4) is 33.7 Å². The van der Waals surface area contributed by atoms with Crippen LogP contribution in [0.5, 0.6) is 0 Å². The summed E-state index contributed by atoms with van der Waals surface area (Å²) in [6, 6.07) is 23.4. The number of ketones is 1. The van der Waals surface area contributed by atoms with Crippen molar-refractivity contribution in [1.29, 1.82) is 0 Å². The highest BCUT2D eigenvalue weighted by Gasteiger charge is 2.22. The second kappa shape index (κ2) is 10.2. The zero-order valence-electron chi connectivity index (χ0n) is 19.1. The zero-order valence-corrected chi connectivity index (χ0v) is 19.9. The molecule has 1 aromatic heterocycles. The summed E-state index contributed by atoms with van der Waals surface area (Å²) >= 11 is 6.10. The predicted molar refractivity (Wildman–Crippen MR) is 135 cm³/mol. The van der Waals surface area contributed by atoms with Crippen molar-refractivity contribution in [3.05, 3.63) is 88.9 Å². The fourth-order valence-corrected chi connectivity index (χ4v) is 4.03. The van der Waals surface area contributed by atoms with Crippen LogP contribution < -0.4 is 0 Å². The Balaban J connectivity index is 1.71. The zero-order chi connectivity index (χ0) is 23.4. The predicted octanol–water partition coefficient (Wildman–Crippen LogP) is 7.16. The molecule has 0 amide bonds. The minimum atomic E-state index is 0.155. The number of hydrogen-bond acceptors (Lipinski definition) is 4. The number of aryl methyl sites for hydroxylation is 1. The first-order chi connectivity index (χ1) is 15.9. The molecule has 0 saturated carbocycles. The normalized spacial score (nSPS) is 11.2. The van der Waals surface area contributed by atoms with Crippen LogP contribution in [-0.2, 0) is 0 Å². The second-order valence-electron chi connectivity index (χ2n) is 8.46. The van der Waals surface area contributed by atoms with Crippen LogP contribution in [0.25, 0.3) is 33.7 Å². The van der Waals surface area contributed by atoms with Crippen molar-refractivity contribution in [2.24, 2.45) is 0 Å². The maximum absolute atomic E-state index is 12.6. The number of nitrogens with zero attached hydrogens (tertiary/aromatic N) is 2. The Kier molecular flexibility index (Phi) is 7.07. The van der Waals surface area contributed by atoms with E-state index in [2.05, 4.69) is 29.1 Å². The van der Waals surface area contributed by atoms with E-state index in [9.17, 15) is 4.79 Å². The molecule has 0 aliphatic carbocycles. The van der Waals surface area contributed by atoms with Gasteiger partial charge in [0.15, 0.2) is 11.5 Å². The van der Waals surface area contributed by atoms with Gasteiger partial charge in [-0.2, -0.15) is 0 Å². The molecule has 0 N–H and O–H groups in total. The van der Waals surface area contributed by atoms with Crippen LogP contribution in [0.1, 0.15) is 28.8 Å². The van der Waals surface area contributed by atoms with Crippen molar-refractivity contribution < 1.29 is 9.32 Å². The molecule has 4 aromatic rings. The maximum atomic E-state index is 12.6. The van der Waals surface area contributed by atoms with E-state index in [-0.39, 0.29) is 5.78 Å². The Morgan fingerprint density at radius 2 is 1.61 bits per heavy atom. The Hall–Kier alpha value is -3.21. The Labute approximate surface area is 199 Å². The number of benzene rings is 3. The molecule has 0 saturated heterocycles. The molecule has 4 nitrogen and oxygen atoms in total. The molecule has 0 aliphatic rings. The molecule has 4 rings (SSSR count). The van der Waals surface area contributed by atoms with E-state index in [0.717, 1.165) is 46.5 Å². The van der Waals surface area contributed by atoms with E-state index in [1.54, 1.807) is 0 Å². The van der Waals surface area contributed by atoms with Gasteiger partial charge in [-0.3, -0.25) is 4.79 Å². The molecular weight excluding hydrogens is 432 g/mol. The molecule has 0 atom stereocenters. The summed E-state index contributed by atoms with van der Waals surface area (Å²) < 4.78 is 5.89. The summed E-state index contributed by atoms with van der Waals surface area (Å²) in [5.74, 6) is 0.836. The van der Waals surface area contributed by atoms with Crippen LogP contribution in [0.3, 0.4) is 0 Å². The van der Waals surface area contributed by atoms with Gasteiger partial charge in [0.2, 0.25) is 0 Å². The van der Waals surface area contributed by atoms with Gasteiger partial charge in [-0.05, 0) is 57.2 Å². The van der Waals surface area contributed by atoms with Gasteiger partial charge in [0.1, 0.15) is 5.69 Å². The van der Waals surface area contributed by atoms with E-state index in [4.69, 9.17) is 16.1 Å². The molecule has 0 aliphatic heterocycles. The van der Waals surface area contributed by atoms with E-state index < -0.39 is 0 Å². The average molecular weight is 459 g/mol. The number of halogens is 1. The average Bonchev–Trinajstić information content (AvgIpc) is 3.24. The molecule has 3 aromatic carbocycles. The monoisotopic (exact) mass is 458 g/mol. The third-order valence-electron chi connectivity index (χ3n) is 5.70. The van der Waals surface area contributed by atoms with Crippen LogP contribution in [-0.4, -0.2) is 36.5 Å². The molecule has 1 heterocycles. The largest absolute Gasteiger partial charge is 0.355 e. The van der Waals surface area contributed by atoms with Crippen molar-refractivity contribution in [2.45, 2.75) is 19.8 Å². The van der Waals surface area contributed by atoms with Gasteiger partial charge >= 0.3 is 0 Å². The lowest BCUT2D eigenvalue weighted by Crippen LogP contribution is -2.14. The van der Waals surface area contributed by atoms with E-state index in [1.165, 1.54) is 0 Å². The molecule has 0 bridgehead atoms. The highest BCUT2D eigenvalue weighted by Crippen LogP contribution is 2.41. The van der Waals surface area contributed by atoms with Gasteiger partial charge in [-0.25, -0.2) is 0 Å². The molecule has 5 heteroatoms. The van der Waals surface area contributed by atoms with E-state index in [1.807, 2.05) is 74.8 Å². The lowest BCUT2D eigenvalue weighted by Gasteiger charge is -2.09. The Morgan fingerprint density at radius 1 is 0.939 bits per heavy atom. The minimum Gasteiger partial charge on any atom is -0.355 e. The topological polar surface area (TPSA) is 46.3 Å². The van der Waals surface area contributed by atoms with Gasteiger partial charge < -0.3 is 9.42 Å². The Morgan fingerprint density at radius 3 is 2.27 bits per heavy atom. The fourth-order valence-electron chi connectivity index (χ4n) is 3.90. The number of hydrogen-bond donors (Lipinski definition) is 0. The quantitative estimate of drug-likeness (QED) is 0.263. The molecule has 0 fully saturated rings. The summed E-state index contributed by atoms with van der Waals surface area (Å²) in [6.07, 6.45) is 1.38. The lowest BCUT2D eigenvalue weighted by molar-refractivity contribution is 0.0977. The highest BCUT2D eigenvalue weighted by atomic mass is 35.5. The van der Waals surface area contributed by atoms with Crippen LogP contribution in [0.4, 0.5) is 0 Å². The first-order valence-electron chi connectivity index (χ1n) is 11.0. The second-order valence-corrected chi connectivity index (χ2v) is 8.90. The maximum Gasteiger partial charge on any atom is 0.175 e. The summed E-state index contributed by atoms with van der Waals surface area (Å²) in [4.78, 5) is 14.6. The fraction of sp³-hybridized carbons (Fsp3) is 0.214. The highest BCUT2D eigenvalue weighted by molar-refractivity contribution is 6.30. The summed E-state index contributed by atoms with van der Waals surface area (Å²) in [7, 11) is 4.03. The van der Waals surface area contributed by atoms with Crippen LogP contribution in [0, 0.1) is 6.92 Å². The van der Waals surface area contributed by atoms with Crippen molar-refractivity contribution in [3.63, 3.8) is 0 Å². The molecule has 0 spiro atoms. The molecule has 0 unspecified atom stereocenters. The van der Waals surface area contributed by atoms with Crippen molar-refractivity contribution in [1.82, 2.24) is 10.1 Å². The van der Waals surface area contributed by atoms with Gasteiger partial charge in [-0.15, -0.1) is 0 Å². The van der Waals surface area contributed by atoms with Crippen LogP contribution in [0.15, 0.2) is 77.3 Å². The third kappa shape index (κ3) is 5.24. The molecule has 0 radical (unpaired) electrons. The number of carbonyl (C=O) groups is 1. The number of Topliss-reactive ketones (excluding diaryl/α,β-unsaturated/α-hetero) is 1. The van der Waals surface area contributed by atoms with Crippen molar-refractivity contribution in [2.75, 3.05) is 20.6 Å². The van der Waals surface area contributed by atoms with Crippen LogP contribution >= 0.6 is 11.6 Å². The molecule has 33 heavy (non-hydrogen) atoms. The van der Waals surface area contributed by atoms with Gasteiger partial charge in [0, 0.05) is 28.1 Å². The lowest BCUT2D eigenvalue weighted by atomic mass is 9.93. The smallest absolute Gasteiger partial charge is 0.175 e. The molecule has 168 valence electrons. The third-order valence-corrected chi connectivity index (χ3v) is 5.95. The van der Waals surface area contributed by atoms with Gasteiger partial charge in [-0.1, -0.05) is 77.4 Å². The van der Waals surface area contributed by atoms with Gasteiger partial charge in [0.25, 0.3) is 0 Å². The first kappa shape index (κ1) is 23.0. The summed E-state index contributed by atoms with van der Waals surface area (Å²) in [5, 5.41) is 5.11. The van der Waals surface area contributed by atoms with E-state index in [0.29, 0.717) is 22.8 Å². The van der Waals surface area contributed by atoms with Crippen LogP contribution in [0.2, 0.25) is 5.02 Å². The minimum absolute atomic E-state index is 0.155. The van der Waals surface area contributed by atoms with Crippen molar-refractivity contribution >= 4 is 17.4 Å². The number of rotatable bonds is 8. The summed E-state index contributed by atoms with van der Waals surface area (Å²) in [6.45, 7) is 2.97. The van der Waals surface area contributed by atoms with Gasteiger partial charge in [0.05, 0.1) is 5.56 Å². The van der Waals surface area contributed by atoms with E-state index >= 15 is 0 Å². The molecular formula is C28H27ClN2O2. The number of carbonyl (C=O) groups excluding carboxylic acids is 1. The summed E-state index contributed by atoms with van der Waals surface area (Å²) in [5.41, 5.74) is 6.41. The SMILES string of the molecule is Cc1ccccc1-c1c(-c2ccc(Cl)cc2)noc1-c1ccc(C(=O)CCCN(C)C)cc1. The first-order valence-corrected chi connectivity index (χ1v) is 11.4. The number of aromatic nitrogens is 1.